The molecule has 8 heteroatoms. The monoisotopic (exact) mass is 573 g/mol. The minimum atomic E-state index is -0.599. The molecule has 0 saturated carbocycles. The molecule has 0 aromatic heterocycles. The highest BCUT2D eigenvalue weighted by Crippen LogP contribution is 2.22. The largest absolute Gasteiger partial charge is 0.497 e. The van der Waals surface area contributed by atoms with E-state index in [0.717, 1.165) is 52.2 Å². The average Bonchev–Trinajstić information content (AvgIpc) is 3.00. The maximum absolute atomic E-state index is 13.6. The van der Waals surface area contributed by atoms with Gasteiger partial charge in [0.1, 0.15) is 11.5 Å². The van der Waals surface area contributed by atoms with Crippen LogP contribution in [-0.2, 0) is 46.7 Å². The van der Waals surface area contributed by atoms with Crippen LogP contribution in [0.3, 0.4) is 0 Å². The zero-order valence-electron chi connectivity index (χ0n) is 25.9. The van der Waals surface area contributed by atoms with Gasteiger partial charge in [-0.1, -0.05) is 55.8 Å². The van der Waals surface area contributed by atoms with Crippen LogP contribution in [0, 0.1) is 6.92 Å². The van der Waals surface area contributed by atoms with Crippen LogP contribution in [-0.4, -0.2) is 55.5 Å². The molecule has 1 amide bonds. The second kappa shape index (κ2) is 15.6. The number of methoxy groups -OCH3 is 2. The second-order valence-corrected chi connectivity index (χ2v) is 10.1. The number of hydrogen-bond acceptors (Lipinski definition) is 6. The van der Waals surface area contributed by atoms with Gasteiger partial charge in [-0.3, -0.25) is 4.79 Å². The standard InChI is InChI=1S/C34H43N3O5/c1-8-27-19-24(4)20-28(9-2)31(27)21-32(38)36(5)35-33(34(39)42-10-3)37(22-25-11-15-29(40-6)16-12-25)23-26-13-17-30(41-7)18-14-26/h11-20H,8-10,21-23H2,1-7H3. The molecule has 0 unspecified atom stereocenters. The Hall–Kier alpha value is -4.33. The number of rotatable bonds is 12. The molecule has 3 aromatic carbocycles. The number of benzene rings is 3. The fraction of sp³-hybridized carbons (Fsp3) is 0.382. The Kier molecular flexibility index (Phi) is 12.0. The summed E-state index contributed by atoms with van der Waals surface area (Å²) in [7, 11) is 4.83. The Morgan fingerprint density at radius 3 is 1.67 bits per heavy atom. The molecule has 0 bridgehead atoms. The Labute approximate surface area is 249 Å². The minimum absolute atomic E-state index is 0.0506. The first kappa shape index (κ1) is 32.2. The fourth-order valence-electron chi connectivity index (χ4n) is 4.83. The normalized spacial score (nSPS) is 11.2. The van der Waals surface area contributed by atoms with Crippen molar-refractivity contribution < 1.29 is 23.8 Å². The maximum atomic E-state index is 13.6. The van der Waals surface area contributed by atoms with Crippen LogP contribution in [0.15, 0.2) is 65.8 Å². The zero-order chi connectivity index (χ0) is 30.6. The molecule has 0 aliphatic heterocycles. The van der Waals surface area contributed by atoms with Crippen LogP contribution in [0.2, 0.25) is 0 Å². The molecule has 3 rings (SSSR count). The molecule has 0 N–H and O–H groups in total. The predicted molar refractivity (Wildman–Crippen MR) is 166 cm³/mol. The third-order valence-corrected chi connectivity index (χ3v) is 7.10. The summed E-state index contributed by atoms with van der Waals surface area (Å²) in [5, 5.41) is 5.85. The molecule has 0 fully saturated rings. The number of ether oxygens (including phenoxy) is 3. The number of carbonyl (C=O) groups excluding carboxylic acids is 2. The van der Waals surface area contributed by atoms with Gasteiger partial charge in [0.25, 0.3) is 0 Å². The number of hydrazone groups is 1. The van der Waals surface area contributed by atoms with Crippen molar-refractivity contribution in [1.29, 1.82) is 0 Å². The Balaban J connectivity index is 2.00. The van der Waals surface area contributed by atoms with E-state index in [2.05, 4.69) is 38.0 Å². The van der Waals surface area contributed by atoms with Gasteiger partial charge in [-0.05, 0) is 78.8 Å². The maximum Gasteiger partial charge on any atom is 0.376 e. The van der Waals surface area contributed by atoms with Gasteiger partial charge in [0.2, 0.25) is 11.7 Å². The SMILES string of the molecule is CCOC(=O)C(=NN(C)C(=O)Cc1c(CC)cc(C)cc1CC)N(Cc1ccc(OC)cc1)Cc1ccc(OC)cc1. The highest BCUT2D eigenvalue weighted by atomic mass is 16.5. The highest BCUT2D eigenvalue weighted by molar-refractivity contribution is 6.35. The van der Waals surface area contributed by atoms with E-state index in [-0.39, 0.29) is 24.8 Å². The van der Waals surface area contributed by atoms with Crippen molar-refractivity contribution in [3.63, 3.8) is 0 Å². The Morgan fingerprint density at radius 2 is 1.26 bits per heavy atom. The minimum Gasteiger partial charge on any atom is -0.497 e. The molecule has 0 spiro atoms. The van der Waals surface area contributed by atoms with Gasteiger partial charge in [-0.25, -0.2) is 9.80 Å². The molecular weight excluding hydrogens is 530 g/mol. The number of nitrogens with zero attached hydrogens (tertiary/aromatic N) is 3. The van der Waals surface area contributed by atoms with Crippen molar-refractivity contribution in [2.24, 2.45) is 5.10 Å². The van der Waals surface area contributed by atoms with Crippen molar-refractivity contribution in [2.75, 3.05) is 27.9 Å². The van der Waals surface area contributed by atoms with E-state index in [9.17, 15) is 9.59 Å². The first-order chi connectivity index (χ1) is 20.2. The second-order valence-electron chi connectivity index (χ2n) is 10.1. The lowest BCUT2D eigenvalue weighted by molar-refractivity contribution is -0.136. The molecule has 0 aliphatic carbocycles. The van der Waals surface area contributed by atoms with Crippen molar-refractivity contribution in [2.45, 2.75) is 60.0 Å². The molecule has 0 atom stereocenters. The molecule has 0 saturated heterocycles. The van der Waals surface area contributed by atoms with Crippen LogP contribution >= 0.6 is 0 Å². The molecule has 0 heterocycles. The number of aryl methyl sites for hydroxylation is 3. The summed E-state index contributed by atoms with van der Waals surface area (Å²) in [6, 6.07) is 19.5. The van der Waals surface area contributed by atoms with Crippen LogP contribution in [0.4, 0.5) is 0 Å². The first-order valence-electron chi connectivity index (χ1n) is 14.4. The quantitative estimate of drug-likeness (QED) is 0.119. The molecule has 42 heavy (non-hydrogen) atoms. The van der Waals surface area contributed by atoms with Crippen molar-refractivity contribution in [3.05, 3.63) is 94.0 Å². The van der Waals surface area contributed by atoms with Gasteiger partial charge in [0, 0.05) is 20.1 Å². The van der Waals surface area contributed by atoms with E-state index in [1.165, 1.54) is 10.6 Å². The molecule has 3 aromatic rings. The number of amides is 1. The number of esters is 1. The summed E-state index contributed by atoms with van der Waals surface area (Å²) in [5.74, 6) is 0.713. The summed E-state index contributed by atoms with van der Waals surface area (Å²) in [6.45, 7) is 8.90. The molecule has 8 nitrogen and oxygen atoms in total. The van der Waals surface area contributed by atoms with Gasteiger partial charge >= 0.3 is 5.97 Å². The van der Waals surface area contributed by atoms with Crippen LogP contribution in [0.1, 0.15) is 54.2 Å². The lowest BCUT2D eigenvalue weighted by Gasteiger charge is -2.27. The van der Waals surface area contributed by atoms with Crippen molar-refractivity contribution >= 4 is 17.7 Å². The number of amidine groups is 1. The van der Waals surface area contributed by atoms with Crippen molar-refractivity contribution in [1.82, 2.24) is 9.91 Å². The van der Waals surface area contributed by atoms with Crippen LogP contribution in [0.25, 0.3) is 0 Å². The first-order valence-corrected chi connectivity index (χ1v) is 14.4. The van der Waals surface area contributed by atoms with E-state index >= 15 is 0 Å². The van der Waals surface area contributed by atoms with Crippen LogP contribution in [0.5, 0.6) is 11.5 Å². The van der Waals surface area contributed by atoms with Crippen molar-refractivity contribution in [3.8, 4) is 11.5 Å². The van der Waals surface area contributed by atoms with Gasteiger partial charge in [0.15, 0.2) is 0 Å². The van der Waals surface area contributed by atoms with Gasteiger partial charge in [-0.15, -0.1) is 5.10 Å². The summed E-state index contributed by atoms with van der Waals surface area (Å²) >= 11 is 0. The van der Waals surface area contributed by atoms with Crippen LogP contribution < -0.4 is 9.47 Å². The van der Waals surface area contributed by atoms with Gasteiger partial charge in [-0.2, -0.15) is 0 Å². The summed E-state index contributed by atoms with van der Waals surface area (Å²) in [4.78, 5) is 28.7. The summed E-state index contributed by atoms with van der Waals surface area (Å²) in [6.07, 6.45) is 1.85. The lowest BCUT2D eigenvalue weighted by atomic mass is 9.92. The third-order valence-electron chi connectivity index (χ3n) is 7.10. The fourth-order valence-corrected chi connectivity index (χ4v) is 4.83. The third kappa shape index (κ3) is 8.59. The summed E-state index contributed by atoms with van der Waals surface area (Å²) < 4.78 is 16.0. The Bertz CT molecular complexity index is 1290. The molecule has 0 radical (unpaired) electrons. The molecule has 0 aliphatic rings. The molecule has 224 valence electrons. The number of likely N-dealkylation sites (N-methyl/N-ethyl adjacent to an activating group) is 1. The van der Waals surface area contributed by atoms with Gasteiger partial charge in [0.05, 0.1) is 27.2 Å². The van der Waals surface area contributed by atoms with E-state index in [1.807, 2.05) is 53.4 Å². The average molecular weight is 574 g/mol. The smallest absolute Gasteiger partial charge is 0.376 e. The number of carbonyl (C=O) groups is 2. The lowest BCUT2D eigenvalue weighted by Crippen LogP contribution is -2.40. The van der Waals surface area contributed by atoms with E-state index in [1.54, 1.807) is 28.2 Å². The zero-order valence-corrected chi connectivity index (χ0v) is 25.9. The topological polar surface area (TPSA) is 80.7 Å². The van der Waals surface area contributed by atoms with E-state index in [4.69, 9.17) is 14.2 Å². The van der Waals surface area contributed by atoms with E-state index in [0.29, 0.717) is 13.1 Å². The summed E-state index contributed by atoms with van der Waals surface area (Å²) in [5.41, 5.74) is 6.41. The molecular formula is C34H43N3O5. The van der Waals surface area contributed by atoms with Gasteiger partial charge < -0.3 is 19.1 Å². The predicted octanol–water partition coefficient (Wildman–Crippen LogP) is 5.72. The number of hydrogen-bond donors (Lipinski definition) is 0. The van der Waals surface area contributed by atoms with E-state index < -0.39 is 5.97 Å². The highest BCUT2D eigenvalue weighted by Gasteiger charge is 2.25. The Morgan fingerprint density at radius 1 is 0.786 bits per heavy atom.